The molecule has 1 aromatic heterocycles. The van der Waals surface area contributed by atoms with Crippen molar-refractivity contribution in [2.45, 2.75) is 13.0 Å². The fourth-order valence-electron chi connectivity index (χ4n) is 1.60. The van der Waals surface area contributed by atoms with E-state index in [-0.39, 0.29) is 12.3 Å². The molecular formula is C11H11ClN4O3. The van der Waals surface area contributed by atoms with E-state index in [9.17, 15) is 10.1 Å². The summed E-state index contributed by atoms with van der Waals surface area (Å²) < 4.78 is 1.57. The molecule has 100 valence electrons. The summed E-state index contributed by atoms with van der Waals surface area (Å²) in [6, 6.07) is 4.29. The van der Waals surface area contributed by atoms with Gasteiger partial charge in [0.15, 0.2) is 0 Å². The van der Waals surface area contributed by atoms with Gasteiger partial charge in [0.2, 0.25) is 0 Å². The van der Waals surface area contributed by atoms with Gasteiger partial charge in [-0.25, -0.2) is 4.68 Å². The van der Waals surface area contributed by atoms with Crippen LogP contribution in [0.15, 0.2) is 24.4 Å². The Hall–Kier alpha value is -1.99. The molecular weight excluding hydrogens is 272 g/mol. The molecule has 0 saturated heterocycles. The van der Waals surface area contributed by atoms with Gasteiger partial charge in [-0.15, -0.1) is 5.10 Å². The van der Waals surface area contributed by atoms with Crippen LogP contribution in [0, 0.1) is 10.1 Å². The number of aromatic nitrogens is 3. The minimum absolute atomic E-state index is 0.0109. The first kappa shape index (κ1) is 13.4. The summed E-state index contributed by atoms with van der Waals surface area (Å²) in [5.41, 5.74) is 1.35. The van der Waals surface area contributed by atoms with Crippen molar-refractivity contribution in [2.75, 3.05) is 6.61 Å². The maximum Gasteiger partial charge on any atom is 0.270 e. The Bertz CT molecular complexity index is 599. The van der Waals surface area contributed by atoms with Crippen LogP contribution in [-0.2, 0) is 13.0 Å². The number of aliphatic hydroxyl groups excluding tert-OH is 1. The maximum atomic E-state index is 10.6. The van der Waals surface area contributed by atoms with Gasteiger partial charge in [0, 0.05) is 31.4 Å². The molecule has 1 aromatic carbocycles. The molecule has 0 radical (unpaired) electrons. The molecule has 8 heteroatoms. The van der Waals surface area contributed by atoms with Crippen molar-refractivity contribution >= 4 is 17.3 Å². The van der Waals surface area contributed by atoms with Crippen LogP contribution >= 0.6 is 11.6 Å². The number of nitro groups is 1. The first-order valence-corrected chi connectivity index (χ1v) is 5.90. The monoisotopic (exact) mass is 282 g/mol. The largest absolute Gasteiger partial charge is 0.396 e. The summed E-state index contributed by atoms with van der Waals surface area (Å²) in [7, 11) is 0. The van der Waals surface area contributed by atoms with Crippen LogP contribution < -0.4 is 0 Å². The Morgan fingerprint density at radius 3 is 2.89 bits per heavy atom. The van der Waals surface area contributed by atoms with Crippen molar-refractivity contribution in [3.05, 3.63) is 50.8 Å². The number of hydrogen-bond donors (Lipinski definition) is 1. The molecule has 2 aromatic rings. The molecule has 7 nitrogen and oxygen atoms in total. The van der Waals surface area contributed by atoms with Crippen molar-refractivity contribution in [1.82, 2.24) is 15.0 Å². The number of nitro benzene ring substituents is 1. The van der Waals surface area contributed by atoms with Crippen molar-refractivity contribution in [3.63, 3.8) is 0 Å². The number of hydrogen-bond acceptors (Lipinski definition) is 5. The normalized spacial score (nSPS) is 10.6. The SMILES string of the molecule is O=[N+]([O-])c1ccc(Cn2cc(CCO)nn2)c(Cl)c1. The minimum atomic E-state index is -0.496. The number of halogens is 1. The molecule has 0 spiro atoms. The van der Waals surface area contributed by atoms with Gasteiger partial charge in [0.1, 0.15) is 0 Å². The molecule has 2 rings (SSSR count). The molecule has 0 saturated carbocycles. The standard InChI is InChI=1S/C11H11ClN4O3/c12-11-5-10(16(18)19)2-1-8(11)6-15-7-9(3-4-17)13-14-15/h1-2,5,7,17H,3-4,6H2. The molecule has 0 atom stereocenters. The molecule has 0 amide bonds. The second-order valence-electron chi connectivity index (χ2n) is 3.91. The van der Waals surface area contributed by atoms with Gasteiger partial charge < -0.3 is 5.11 Å². The lowest BCUT2D eigenvalue weighted by Crippen LogP contribution is -2.01. The van der Waals surface area contributed by atoms with Crippen LogP contribution in [-0.4, -0.2) is 31.6 Å². The van der Waals surface area contributed by atoms with Crippen LogP contribution in [0.3, 0.4) is 0 Å². The summed E-state index contributed by atoms with van der Waals surface area (Å²) in [6.07, 6.45) is 2.14. The zero-order valence-corrected chi connectivity index (χ0v) is 10.6. The lowest BCUT2D eigenvalue weighted by Gasteiger charge is -2.03. The van der Waals surface area contributed by atoms with E-state index < -0.39 is 4.92 Å². The van der Waals surface area contributed by atoms with Crippen molar-refractivity contribution in [2.24, 2.45) is 0 Å². The molecule has 19 heavy (non-hydrogen) atoms. The second kappa shape index (κ2) is 5.77. The number of aliphatic hydroxyl groups is 1. The van der Waals surface area contributed by atoms with Gasteiger partial charge in [-0.05, 0) is 11.6 Å². The van der Waals surface area contributed by atoms with Gasteiger partial charge in [-0.1, -0.05) is 16.8 Å². The molecule has 0 fully saturated rings. The minimum Gasteiger partial charge on any atom is -0.396 e. The number of nitrogens with zero attached hydrogens (tertiary/aromatic N) is 4. The van der Waals surface area contributed by atoms with E-state index in [0.717, 1.165) is 0 Å². The highest BCUT2D eigenvalue weighted by atomic mass is 35.5. The van der Waals surface area contributed by atoms with Crippen molar-refractivity contribution in [1.29, 1.82) is 0 Å². The van der Waals surface area contributed by atoms with E-state index in [2.05, 4.69) is 10.3 Å². The first-order chi connectivity index (χ1) is 9.10. The fourth-order valence-corrected chi connectivity index (χ4v) is 1.83. The smallest absolute Gasteiger partial charge is 0.270 e. The molecule has 0 aliphatic rings. The van der Waals surface area contributed by atoms with Gasteiger partial charge in [0.25, 0.3) is 5.69 Å². The summed E-state index contributed by atoms with van der Waals surface area (Å²) in [4.78, 5) is 10.1. The topological polar surface area (TPSA) is 94.1 Å². The quantitative estimate of drug-likeness (QED) is 0.661. The van der Waals surface area contributed by atoms with Crippen molar-refractivity contribution in [3.8, 4) is 0 Å². The van der Waals surface area contributed by atoms with E-state index in [1.807, 2.05) is 0 Å². The molecule has 0 bridgehead atoms. The van der Waals surface area contributed by atoms with Crippen LogP contribution in [0.25, 0.3) is 0 Å². The molecule has 0 aliphatic carbocycles. The van der Waals surface area contributed by atoms with E-state index in [0.29, 0.717) is 29.2 Å². The average molecular weight is 283 g/mol. The van der Waals surface area contributed by atoms with E-state index >= 15 is 0 Å². The van der Waals surface area contributed by atoms with E-state index in [4.69, 9.17) is 16.7 Å². The lowest BCUT2D eigenvalue weighted by molar-refractivity contribution is -0.384. The summed E-state index contributed by atoms with van der Waals surface area (Å²) in [5, 5.41) is 27.5. The zero-order chi connectivity index (χ0) is 13.8. The van der Waals surface area contributed by atoms with Gasteiger partial charge >= 0.3 is 0 Å². The molecule has 1 N–H and O–H groups in total. The third-order valence-corrected chi connectivity index (χ3v) is 2.89. The highest BCUT2D eigenvalue weighted by molar-refractivity contribution is 6.31. The first-order valence-electron chi connectivity index (χ1n) is 5.53. The summed E-state index contributed by atoms with van der Waals surface area (Å²) in [5.74, 6) is 0. The number of non-ortho nitro benzene ring substituents is 1. The lowest BCUT2D eigenvalue weighted by atomic mass is 10.2. The summed E-state index contributed by atoms with van der Waals surface area (Å²) in [6.45, 7) is 0.381. The Balaban J connectivity index is 2.16. The molecule has 0 unspecified atom stereocenters. The van der Waals surface area contributed by atoms with Crippen LogP contribution in [0.2, 0.25) is 5.02 Å². The average Bonchev–Trinajstić information content (AvgIpc) is 2.79. The zero-order valence-electron chi connectivity index (χ0n) is 9.86. The third-order valence-electron chi connectivity index (χ3n) is 2.53. The number of benzene rings is 1. The Labute approximate surface area is 113 Å². The molecule has 0 aliphatic heterocycles. The third kappa shape index (κ3) is 3.27. The Kier molecular flexibility index (Phi) is 4.08. The number of rotatable bonds is 5. The summed E-state index contributed by atoms with van der Waals surface area (Å²) >= 11 is 5.99. The van der Waals surface area contributed by atoms with Crippen LogP contribution in [0.4, 0.5) is 5.69 Å². The van der Waals surface area contributed by atoms with Gasteiger partial charge in [0.05, 0.1) is 22.2 Å². The second-order valence-corrected chi connectivity index (χ2v) is 4.32. The Morgan fingerprint density at radius 2 is 2.26 bits per heavy atom. The van der Waals surface area contributed by atoms with Crippen LogP contribution in [0.5, 0.6) is 0 Å². The van der Waals surface area contributed by atoms with Gasteiger partial charge in [-0.2, -0.15) is 0 Å². The fraction of sp³-hybridized carbons (Fsp3) is 0.273. The van der Waals surface area contributed by atoms with E-state index in [1.54, 1.807) is 16.9 Å². The van der Waals surface area contributed by atoms with Gasteiger partial charge in [-0.3, -0.25) is 10.1 Å². The van der Waals surface area contributed by atoms with Crippen molar-refractivity contribution < 1.29 is 10.0 Å². The van der Waals surface area contributed by atoms with Crippen LogP contribution in [0.1, 0.15) is 11.3 Å². The highest BCUT2D eigenvalue weighted by Crippen LogP contribution is 2.23. The highest BCUT2D eigenvalue weighted by Gasteiger charge is 2.10. The van der Waals surface area contributed by atoms with E-state index in [1.165, 1.54) is 12.1 Å². The maximum absolute atomic E-state index is 10.6. The predicted octanol–water partition coefficient (Wildman–Crippen LogP) is 1.42. The molecule has 1 heterocycles. The predicted molar refractivity (Wildman–Crippen MR) is 68.0 cm³/mol. The Morgan fingerprint density at radius 1 is 1.47 bits per heavy atom.